The van der Waals surface area contributed by atoms with E-state index in [1.54, 1.807) is 0 Å². The fraction of sp³-hybridized carbons (Fsp3) is 0.966. The van der Waals surface area contributed by atoms with Gasteiger partial charge in [-0.25, -0.2) is 0 Å². The van der Waals surface area contributed by atoms with Crippen molar-refractivity contribution in [2.75, 3.05) is 6.61 Å². The third kappa shape index (κ3) is 27.4. The summed E-state index contributed by atoms with van der Waals surface area (Å²) in [5.74, 6) is 0.0216. The zero-order chi connectivity index (χ0) is 22.7. The quantitative estimate of drug-likeness (QED) is 0.0991. The molecule has 0 saturated heterocycles. The van der Waals surface area contributed by atoms with Crippen molar-refractivity contribution in [3.05, 3.63) is 0 Å². The first-order chi connectivity index (χ1) is 15.3. The molecular weight excluding hydrogens is 380 g/mol. The summed E-state index contributed by atoms with van der Waals surface area (Å²) >= 11 is 0. The van der Waals surface area contributed by atoms with Crippen LogP contribution >= 0.6 is 0 Å². The van der Waals surface area contributed by atoms with Gasteiger partial charge in [0.2, 0.25) is 0 Å². The average Bonchev–Trinajstić information content (AvgIpc) is 2.77. The zero-order valence-electron chi connectivity index (χ0n) is 21.7. The molecule has 0 heterocycles. The highest BCUT2D eigenvalue weighted by Gasteiger charge is 2.02. The first-order valence-electron chi connectivity index (χ1n) is 14.5. The largest absolute Gasteiger partial charge is 0.466 e. The van der Waals surface area contributed by atoms with Crippen molar-refractivity contribution in [3.8, 4) is 0 Å². The number of rotatable bonds is 26. The Kier molecular flexibility index (Phi) is 27.0. The molecule has 0 saturated carbocycles. The number of hydrogen-bond acceptors (Lipinski definition) is 2. The number of esters is 1. The summed E-state index contributed by atoms with van der Waals surface area (Å²) in [6.45, 7) is 5.18. The van der Waals surface area contributed by atoms with Gasteiger partial charge in [0.15, 0.2) is 0 Å². The second-order valence-corrected chi connectivity index (χ2v) is 9.75. The molecule has 0 radical (unpaired) electrons. The van der Waals surface area contributed by atoms with E-state index in [1.165, 1.54) is 141 Å². The van der Waals surface area contributed by atoms with Crippen molar-refractivity contribution in [1.29, 1.82) is 0 Å². The molecule has 0 spiro atoms. The molecule has 0 aromatic carbocycles. The van der Waals surface area contributed by atoms with E-state index in [2.05, 4.69) is 13.8 Å². The van der Waals surface area contributed by atoms with Crippen molar-refractivity contribution in [3.63, 3.8) is 0 Å². The van der Waals surface area contributed by atoms with Crippen LogP contribution < -0.4 is 0 Å². The number of carbonyl (C=O) groups is 1. The van der Waals surface area contributed by atoms with Crippen molar-refractivity contribution >= 4 is 5.97 Å². The van der Waals surface area contributed by atoms with Gasteiger partial charge in [0.25, 0.3) is 0 Å². The first-order valence-corrected chi connectivity index (χ1v) is 14.5. The fourth-order valence-corrected chi connectivity index (χ4v) is 4.31. The highest BCUT2D eigenvalue weighted by molar-refractivity contribution is 5.69. The van der Waals surface area contributed by atoms with Gasteiger partial charge >= 0.3 is 5.97 Å². The van der Waals surface area contributed by atoms with E-state index in [9.17, 15) is 4.79 Å². The molecule has 0 atom stereocenters. The molecule has 0 aliphatic rings. The molecule has 0 aliphatic heterocycles. The Morgan fingerprint density at radius 3 is 1.06 bits per heavy atom. The van der Waals surface area contributed by atoms with Crippen LogP contribution in [0.4, 0.5) is 0 Å². The maximum Gasteiger partial charge on any atom is 0.305 e. The lowest BCUT2D eigenvalue weighted by Gasteiger charge is -2.05. The summed E-state index contributed by atoms with van der Waals surface area (Å²) in [5, 5.41) is 0. The molecule has 31 heavy (non-hydrogen) atoms. The van der Waals surface area contributed by atoms with Gasteiger partial charge in [0, 0.05) is 6.42 Å². The molecule has 0 bridgehead atoms. The Morgan fingerprint density at radius 1 is 0.419 bits per heavy atom. The standard InChI is InChI=1S/C29H58O2/c1-3-5-7-9-11-13-14-15-16-17-18-19-20-21-23-25-27-29(30)31-28-26-24-22-12-10-8-6-4-2/h3-28H2,1-2H3. The zero-order valence-corrected chi connectivity index (χ0v) is 21.7. The van der Waals surface area contributed by atoms with Gasteiger partial charge in [0.1, 0.15) is 0 Å². The average molecular weight is 439 g/mol. The summed E-state index contributed by atoms with van der Waals surface area (Å²) in [4.78, 5) is 11.8. The lowest BCUT2D eigenvalue weighted by atomic mass is 10.0. The predicted octanol–water partition coefficient (Wildman–Crippen LogP) is 10.3. The van der Waals surface area contributed by atoms with E-state index in [0.29, 0.717) is 13.0 Å². The van der Waals surface area contributed by atoms with Crippen LogP contribution in [0.3, 0.4) is 0 Å². The van der Waals surface area contributed by atoms with E-state index in [-0.39, 0.29) is 5.97 Å². The molecule has 0 unspecified atom stereocenters. The molecule has 0 aliphatic carbocycles. The molecule has 0 rings (SSSR count). The Morgan fingerprint density at radius 2 is 0.710 bits per heavy atom. The summed E-state index contributed by atoms with van der Waals surface area (Å²) in [5.41, 5.74) is 0. The van der Waals surface area contributed by atoms with Crippen molar-refractivity contribution < 1.29 is 9.53 Å². The van der Waals surface area contributed by atoms with Crippen LogP contribution in [-0.4, -0.2) is 12.6 Å². The van der Waals surface area contributed by atoms with E-state index in [1.807, 2.05) is 0 Å². The predicted molar refractivity (Wildman–Crippen MR) is 138 cm³/mol. The highest BCUT2D eigenvalue weighted by atomic mass is 16.5. The molecule has 0 aromatic rings. The molecule has 2 heteroatoms. The Labute approximate surface area is 196 Å². The minimum atomic E-state index is 0.0216. The van der Waals surface area contributed by atoms with Crippen LogP contribution in [0.5, 0.6) is 0 Å². The minimum absolute atomic E-state index is 0.0216. The van der Waals surface area contributed by atoms with Gasteiger partial charge < -0.3 is 4.74 Å². The number of unbranched alkanes of at least 4 members (excludes halogenated alkanes) is 22. The SMILES string of the molecule is CCCCCCCCCCCCCCCCCCC(=O)OCCCCCCCCCC. The maximum atomic E-state index is 11.8. The van der Waals surface area contributed by atoms with Crippen LogP contribution in [0.15, 0.2) is 0 Å². The van der Waals surface area contributed by atoms with Crippen LogP contribution in [0, 0.1) is 0 Å². The molecule has 186 valence electrons. The summed E-state index contributed by atoms with van der Waals surface area (Å²) < 4.78 is 5.37. The van der Waals surface area contributed by atoms with Crippen LogP contribution in [0.2, 0.25) is 0 Å². The van der Waals surface area contributed by atoms with E-state index < -0.39 is 0 Å². The Balaban J connectivity index is 3.12. The lowest BCUT2D eigenvalue weighted by Crippen LogP contribution is -2.05. The minimum Gasteiger partial charge on any atom is -0.466 e. The number of ether oxygens (including phenoxy) is 1. The second kappa shape index (κ2) is 27.5. The molecule has 0 fully saturated rings. The molecule has 0 aromatic heterocycles. The monoisotopic (exact) mass is 438 g/mol. The molecular formula is C29H58O2. The normalized spacial score (nSPS) is 11.2. The van der Waals surface area contributed by atoms with Crippen molar-refractivity contribution in [2.24, 2.45) is 0 Å². The molecule has 0 N–H and O–H groups in total. The third-order valence-corrected chi connectivity index (χ3v) is 6.50. The summed E-state index contributed by atoms with van der Waals surface area (Å²) in [7, 11) is 0. The third-order valence-electron chi connectivity index (χ3n) is 6.50. The van der Waals surface area contributed by atoms with E-state index in [0.717, 1.165) is 12.8 Å². The maximum absolute atomic E-state index is 11.8. The van der Waals surface area contributed by atoms with Crippen molar-refractivity contribution in [2.45, 2.75) is 174 Å². The summed E-state index contributed by atoms with van der Waals surface area (Å²) in [6, 6.07) is 0. The Hall–Kier alpha value is -0.530. The number of hydrogen-bond donors (Lipinski definition) is 0. The van der Waals surface area contributed by atoms with Crippen LogP contribution in [0.25, 0.3) is 0 Å². The van der Waals surface area contributed by atoms with Crippen LogP contribution in [-0.2, 0) is 9.53 Å². The molecule has 2 nitrogen and oxygen atoms in total. The van der Waals surface area contributed by atoms with E-state index >= 15 is 0 Å². The van der Waals surface area contributed by atoms with Gasteiger partial charge in [-0.3, -0.25) is 4.79 Å². The Bertz CT molecular complexity index is 340. The smallest absolute Gasteiger partial charge is 0.305 e. The summed E-state index contributed by atoms with van der Waals surface area (Å²) in [6.07, 6.45) is 32.8. The van der Waals surface area contributed by atoms with Gasteiger partial charge in [-0.1, -0.05) is 155 Å². The topological polar surface area (TPSA) is 26.3 Å². The lowest BCUT2D eigenvalue weighted by molar-refractivity contribution is -0.143. The number of carbonyl (C=O) groups excluding carboxylic acids is 1. The van der Waals surface area contributed by atoms with Gasteiger partial charge in [-0.2, -0.15) is 0 Å². The second-order valence-electron chi connectivity index (χ2n) is 9.75. The van der Waals surface area contributed by atoms with Crippen molar-refractivity contribution in [1.82, 2.24) is 0 Å². The highest BCUT2D eigenvalue weighted by Crippen LogP contribution is 2.14. The first kappa shape index (κ1) is 30.5. The van der Waals surface area contributed by atoms with Gasteiger partial charge in [0.05, 0.1) is 6.61 Å². The fourth-order valence-electron chi connectivity index (χ4n) is 4.31. The van der Waals surface area contributed by atoms with Crippen LogP contribution in [0.1, 0.15) is 174 Å². The van der Waals surface area contributed by atoms with E-state index in [4.69, 9.17) is 4.74 Å². The molecule has 0 amide bonds. The van der Waals surface area contributed by atoms with Gasteiger partial charge in [-0.15, -0.1) is 0 Å². The van der Waals surface area contributed by atoms with Gasteiger partial charge in [-0.05, 0) is 12.8 Å².